The van der Waals surface area contributed by atoms with Crippen molar-refractivity contribution in [1.29, 1.82) is 0 Å². The molecule has 114 valence electrons. The quantitative estimate of drug-likeness (QED) is 0.610. The molecule has 1 aromatic rings. The number of benzene rings is 1. The highest BCUT2D eigenvalue weighted by atomic mass is 16.5. The van der Waals surface area contributed by atoms with E-state index in [1.807, 2.05) is 31.2 Å². The van der Waals surface area contributed by atoms with Crippen LogP contribution in [0.4, 0.5) is 0 Å². The van der Waals surface area contributed by atoms with Gasteiger partial charge in [0.15, 0.2) is 0 Å². The normalized spacial score (nSPS) is 12.3. The number of rotatable bonds is 11. The molecule has 1 aromatic carbocycles. The van der Waals surface area contributed by atoms with Crippen molar-refractivity contribution in [3.05, 3.63) is 29.8 Å². The molecule has 0 saturated carbocycles. The molecule has 1 unspecified atom stereocenters. The molecule has 20 heavy (non-hydrogen) atoms. The third-order valence-corrected chi connectivity index (χ3v) is 3.01. The van der Waals surface area contributed by atoms with Crippen LogP contribution in [0.1, 0.15) is 24.8 Å². The van der Waals surface area contributed by atoms with Crippen molar-refractivity contribution in [3.63, 3.8) is 0 Å². The van der Waals surface area contributed by atoms with Crippen molar-refractivity contribution in [2.75, 3.05) is 33.4 Å². The van der Waals surface area contributed by atoms with Gasteiger partial charge in [-0.15, -0.1) is 0 Å². The number of hydrogen-bond donors (Lipinski definition) is 2. The van der Waals surface area contributed by atoms with Crippen LogP contribution in [-0.4, -0.2) is 44.6 Å². The number of aliphatic hydroxyl groups excluding tert-OH is 1. The van der Waals surface area contributed by atoms with E-state index >= 15 is 0 Å². The van der Waals surface area contributed by atoms with Crippen LogP contribution in [0, 0.1) is 6.92 Å². The molecule has 0 spiro atoms. The summed E-state index contributed by atoms with van der Waals surface area (Å²) in [4.78, 5) is 0. The Morgan fingerprint density at radius 1 is 1.25 bits per heavy atom. The van der Waals surface area contributed by atoms with E-state index in [0.717, 1.165) is 43.7 Å². The van der Waals surface area contributed by atoms with Gasteiger partial charge in [-0.3, -0.25) is 0 Å². The molecule has 4 heteroatoms. The van der Waals surface area contributed by atoms with Gasteiger partial charge < -0.3 is 19.9 Å². The Balaban J connectivity index is 2.01. The zero-order valence-electron chi connectivity index (χ0n) is 12.6. The SMILES string of the molecule is COCCCCCNCC(O)COc1cccc(C)c1. The van der Waals surface area contributed by atoms with Gasteiger partial charge in [-0.25, -0.2) is 0 Å². The summed E-state index contributed by atoms with van der Waals surface area (Å²) in [6.07, 6.45) is 2.87. The third kappa shape index (κ3) is 8.15. The predicted octanol–water partition coefficient (Wildman–Crippen LogP) is 2.14. The Morgan fingerprint density at radius 3 is 2.85 bits per heavy atom. The molecule has 1 atom stereocenters. The van der Waals surface area contributed by atoms with Crippen LogP contribution in [0.3, 0.4) is 0 Å². The first-order chi connectivity index (χ1) is 9.72. The molecule has 0 radical (unpaired) electrons. The van der Waals surface area contributed by atoms with Crippen molar-refractivity contribution >= 4 is 0 Å². The van der Waals surface area contributed by atoms with Crippen LogP contribution in [0.25, 0.3) is 0 Å². The highest BCUT2D eigenvalue weighted by molar-refractivity contribution is 5.27. The van der Waals surface area contributed by atoms with Gasteiger partial charge in [0.1, 0.15) is 18.5 Å². The summed E-state index contributed by atoms with van der Waals surface area (Å²) >= 11 is 0. The fraction of sp³-hybridized carbons (Fsp3) is 0.625. The summed E-state index contributed by atoms with van der Waals surface area (Å²) in [6.45, 7) is 4.66. The molecular formula is C16H27NO3. The maximum Gasteiger partial charge on any atom is 0.119 e. The van der Waals surface area contributed by atoms with Crippen molar-refractivity contribution in [2.45, 2.75) is 32.3 Å². The second kappa shape index (κ2) is 10.7. The van der Waals surface area contributed by atoms with Gasteiger partial charge >= 0.3 is 0 Å². The van der Waals surface area contributed by atoms with Gasteiger partial charge in [-0.2, -0.15) is 0 Å². The first-order valence-electron chi connectivity index (χ1n) is 7.29. The minimum atomic E-state index is -0.477. The van der Waals surface area contributed by atoms with E-state index in [-0.39, 0.29) is 0 Å². The number of ether oxygens (including phenoxy) is 2. The van der Waals surface area contributed by atoms with Gasteiger partial charge in [0.05, 0.1) is 0 Å². The average Bonchev–Trinajstić information content (AvgIpc) is 2.44. The fourth-order valence-corrected chi connectivity index (χ4v) is 1.90. The number of aryl methyl sites for hydroxylation is 1. The molecule has 0 aliphatic rings. The summed E-state index contributed by atoms with van der Waals surface area (Å²) in [6, 6.07) is 7.85. The lowest BCUT2D eigenvalue weighted by Gasteiger charge is -2.13. The lowest BCUT2D eigenvalue weighted by molar-refractivity contribution is 0.106. The van der Waals surface area contributed by atoms with E-state index in [2.05, 4.69) is 5.32 Å². The lowest BCUT2D eigenvalue weighted by Crippen LogP contribution is -2.32. The van der Waals surface area contributed by atoms with Gasteiger partial charge in [-0.05, 0) is 50.4 Å². The van der Waals surface area contributed by atoms with E-state index in [4.69, 9.17) is 9.47 Å². The standard InChI is InChI=1S/C16H27NO3/c1-14-7-6-8-16(11-14)20-13-15(18)12-17-9-4-3-5-10-19-2/h6-8,11,15,17-18H,3-5,9-10,12-13H2,1-2H3. The summed E-state index contributed by atoms with van der Waals surface area (Å²) in [5.74, 6) is 0.809. The second-order valence-corrected chi connectivity index (χ2v) is 5.04. The molecule has 0 saturated heterocycles. The van der Waals surface area contributed by atoms with Gasteiger partial charge in [0.25, 0.3) is 0 Å². The van der Waals surface area contributed by atoms with Crippen molar-refractivity contribution in [1.82, 2.24) is 5.32 Å². The number of hydrogen-bond acceptors (Lipinski definition) is 4. The molecule has 0 aliphatic carbocycles. The molecule has 0 aliphatic heterocycles. The van der Waals surface area contributed by atoms with Crippen LogP contribution in [-0.2, 0) is 4.74 Å². The Bertz CT molecular complexity index is 357. The molecule has 2 N–H and O–H groups in total. The summed E-state index contributed by atoms with van der Waals surface area (Å²) in [5.41, 5.74) is 1.16. The Kier molecular flexibility index (Phi) is 9.04. The Labute approximate surface area is 122 Å². The van der Waals surface area contributed by atoms with E-state index in [0.29, 0.717) is 13.2 Å². The van der Waals surface area contributed by atoms with Gasteiger partial charge in [0.2, 0.25) is 0 Å². The maximum atomic E-state index is 9.81. The fourth-order valence-electron chi connectivity index (χ4n) is 1.90. The van der Waals surface area contributed by atoms with E-state index in [1.54, 1.807) is 7.11 Å². The first kappa shape index (κ1) is 17.0. The molecule has 0 aromatic heterocycles. The van der Waals surface area contributed by atoms with E-state index < -0.39 is 6.10 Å². The minimum Gasteiger partial charge on any atom is -0.491 e. The summed E-state index contributed by atoms with van der Waals surface area (Å²) in [7, 11) is 1.73. The monoisotopic (exact) mass is 281 g/mol. The number of methoxy groups -OCH3 is 1. The lowest BCUT2D eigenvalue weighted by atomic mass is 10.2. The van der Waals surface area contributed by atoms with E-state index in [9.17, 15) is 5.11 Å². The Hall–Kier alpha value is -1.10. The summed E-state index contributed by atoms with van der Waals surface area (Å²) in [5, 5.41) is 13.1. The zero-order chi connectivity index (χ0) is 14.6. The van der Waals surface area contributed by atoms with Crippen LogP contribution < -0.4 is 10.1 Å². The van der Waals surface area contributed by atoms with Crippen LogP contribution >= 0.6 is 0 Å². The third-order valence-electron chi connectivity index (χ3n) is 3.01. The predicted molar refractivity (Wildman–Crippen MR) is 81.3 cm³/mol. The van der Waals surface area contributed by atoms with Crippen molar-refractivity contribution in [2.24, 2.45) is 0 Å². The summed E-state index contributed by atoms with van der Waals surface area (Å²) < 4.78 is 10.5. The Morgan fingerprint density at radius 2 is 2.10 bits per heavy atom. The topological polar surface area (TPSA) is 50.7 Å². The van der Waals surface area contributed by atoms with Crippen molar-refractivity contribution < 1.29 is 14.6 Å². The smallest absolute Gasteiger partial charge is 0.119 e. The number of aliphatic hydroxyl groups is 1. The molecule has 0 heterocycles. The molecule has 1 rings (SSSR count). The highest BCUT2D eigenvalue weighted by Gasteiger charge is 2.04. The number of nitrogens with one attached hydrogen (secondary N) is 1. The highest BCUT2D eigenvalue weighted by Crippen LogP contribution is 2.12. The molecule has 4 nitrogen and oxygen atoms in total. The molecular weight excluding hydrogens is 254 g/mol. The van der Waals surface area contributed by atoms with Crippen LogP contribution in [0.15, 0.2) is 24.3 Å². The molecule has 0 bridgehead atoms. The largest absolute Gasteiger partial charge is 0.491 e. The average molecular weight is 281 g/mol. The minimum absolute atomic E-state index is 0.320. The number of unbranched alkanes of at least 4 members (excludes halogenated alkanes) is 2. The van der Waals surface area contributed by atoms with E-state index in [1.165, 1.54) is 0 Å². The molecule has 0 fully saturated rings. The second-order valence-electron chi connectivity index (χ2n) is 5.04. The van der Waals surface area contributed by atoms with Crippen LogP contribution in [0.2, 0.25) is 0 Å². The van der Waals surface area contributed by atoms with Crippen molar-refractivity contribution in [3.8, 4) is 5.75 Å². The molecule has 0 amide bonds. The zero-order valence-corrected chi connectivity index (χ0v) is 12.6. The maximum absolute atomic E-state index is 9.81. The van der Waals surface area contributed by atoms with Gasteiger partial charge in [0, 0.05) is 20.3 Å². The first-order valence-corrected chi connectivity index (χ1v) is 7.29. The van der Waals surface area contributed by atoms with Gasteiger partial charge in [-0.1, -0.05) is 12.1 Å². The van der Waals surface area contributed by atoms with Crippen LogP contribution in [0.5, 0.6) is 5.75 Å².